The van der Waals surface area contributed by atoms with E-state index in [1.807, 2.05) is 17.5 Å². The van der Waals surface area contributed by atoms with Crippen molar-refractivity contribution < 1.29 is 0 Å². The van der Waals surface area contributed by atoms with Crippen molar-refractivity contribution in [3.05, 3.63) is 11.1 Å². The van der Waals surface area contributed by atoms with Crippen molar-refractivity contribution >= 4 is 28.2 Å². The molecule has 0 aliphatic carbocycles. The zero-order chi connectivity index (χ0) is 13.2. The van der Waals surface area contributed by atoms with E-state index in [0.29, 0.717) is 10.8 Å². The van der Waals surface area contributed by atoms with Crippen LogP contribution in [0, 0.1) is 0 Å². The number of anilines is 1. The molecule has 0 amide bonds. The highest BCUT2D eigenvalue weighted by atomic mass is 32.2. The van der Waals surface area contributed by atoms with E-state index in [1.54, 1.807) is 0 Å². The fourth-order valence-corrected chi connectivity index (χ4v) is 4.01. The highest BCUT2D eigenvalue weighted by Crippen LogP contribution is 2.33. The molecule has 0 aromatic carbocycles. The number of nitrogens with zero attached hydrogens (tertiary/aromatic N) is 2. The van der Waals surface area contributed by atoms with Gasteiger partial charge in [0.1, 0.15) is 0 Å². The average Bonchev–Trinajstić information content (AvgIpc) is 2.73. The van der Waals surface area contributed by atoms with Crippen molar-refractivity contribution in [1.82, 2.24) is 10.3 Å². The number of aromatic nitrogens is 1. The molecule has 1 saturated heterocycles. The van der Waals surface area contributed by atoms with Gasteiger partial charge >= 0.3 is 0 Å². The van der Waals surface area contributed by atoms with Crippen molar-refractivity contribution in [1.29, 1.82) is 0 Å². The van der Waals surface area contributed by atoms with Gasteiger partial charge in [-0.3, -0.25) is 0 Å². The number of thioether (sulfide) groups is 1. The Hall–Kier alpha value is -0.260. The lowest BCUT2D eigenvalue weighted by Gasteiger charge is -2.37. The van der Waals surface area contributed by atoms with Crippen molar-refractivity contribution in [3.8, 4) is 0 Å². The molecule has 1 aromatic heterocycles. The Labute approximate surface area is 118 Å². The molecule has 0 atom stereocenters. The first kappa shape index (κ1) is 14.2. The maximum Gasteiger partial charge on any atom is 0.185 e. The third-order valence-corrected chi connectivity index (χ3v) is 5.28. The lowest BCUT2D eigenvalue weighted by Crippen LogP contribution is -2.43. The lowest BCUT2D eigenvalue weighted by molar-refractivity contribution is 0.593. The first-order valence-electron chi connectivity index (χ1n) is 6.53. The second kappa shape index (κ2) is 5.80. The molecule has 1 N–H and O–H groups in total. The lowest BCUT2D eigenvalue weighted by atomic mass is 10.2. The molecule has 1 aliphatic heterocycles. The van der Waals surface area contributed by atoms with Crippen LogP contribution in [0.3, 0.4) is 0 Å². The first-order chi connectivity index (χ1) is 8.46. The fourth-order valence-electron chi connectivity index (χ4n) is 2.01. The highest BCUT2D eigenvalue weighted by Gasteiger charge is 2.28. The Morgan fingerprint density at radius 2 is 2.28 bits per heavy atom. The monoisotopic (exact) mass is 285 g/mol. The summed E-state index contributed by atoms with van der Waals surface area (Å²) in [5, 5.41) is 4.63. The summed E-state index contributed by atoms with van der Waals surface area (Å²) in [5.74, 6) is 1.20. The van der Waals surface area contributed by atoms with E-state index < -0.39 is 0 Å². The van der Waals surface area contributed by atoms with Gasteiger partial charge in [0.25, 0.3) is 0 Å². The molecule has 1 aliphatic rings. The molecule has 5 heteroatoms. The number of rotatable bonds is 4. The molecule has 18 heavy (non-hydrogen) atoms. The molecular formula is C13H23N3S2. The van der Waals surface area contributed by atoms with Crippen LogP contribution in [0.5, 0.6) is 0 Å². The zero-order valence-electron chi connectivity index (χ0n) is 11.7. The molecule has 0 spiro atoms. The van der Waals surface area contributed by atoms with Crippen LogP contribution in [0.4, 0.5) is 5.13 Å². The number of nitrogens with one attached hydrogen (secondary N) is 1. The van der Waals surface area contributed by atoms with Crippen molar-refractivity contribution in [3.63, 3.8) is 0 Å². The maximum atomic E-state index is 4.58. The van der Waals surface area contributed by atoms with Crippen LogP contribution in [0.1, 0.15) is 32.6 Å². The summed E-state index contributed by atoms with van der Waals surface area (Å²) in [5.41, 5.74) is 0. The topological polar surface area (TPSA) is 28.2 Å². The normalized spacial score (nSPS) is 19.5. The van der Waals surface area contributed by atoms with Crippen LogP contribution in [-0.2, 0) is 6.54 Å². The van der Waals surface area contributed by atoms with Gasteiger partial charge in [0.2, 0.25) is 0 Å². The Balaban J connectivity index is 1.97. The quantitative estimate of drug-likeness (QED) is 0.920. The molecule has 0 unspecified atom stereocenters. The van der Waals surface area contributed by atoms with Gasteiger partial charge in [0.05, 0.1) is 0 Å². The average molecular weight is 285 g/mol. The van der Waals surface area contributed by atoms with Gasteiger partial charge in [-0.25, -0.2) is 4.98 Å². The Bertz CT molecular complexity index is 387. The van der Waals surface area contributed by atoms with Crippen molar-refractivity contribution in [2.24, 2.45) is 0 Å². The minimum absolute atomic E-state index is 0.347. The molecule has 0 saturated carbocycles. The van der Waals surface area contributed by atoms with E-state index in [2.05, 4.69) is 54.7 Å². The molecule has 2 heterocycles. The Morgan fingerprint density at radius 1 is 1.50 bits per heavy atom. The van der Waals surface area contributed by atoms with Gasteiger partial charge in [-0.2, -0.15) is 11.8 Å². The number of hydrogen-bond acceptors (Lipinski definition) is 5. The summed E-state index contributed by atoms with van der Waals surface area (Å²) in [4.78, 5) is 8.34. The van der Waals surface area contributed by atoms with Gasteiger partial charge < -0.3 is 10.2 Å². The minimum Gasteiger partial charge on any atom is -0.346 e. The Kier molecular flexibility index (Phi) is 4.56. The van der Waals surface area contributed by atoms with Crippen LogP contribution in [0.25, 0.3) is 0 Å². The smallest absolute Gasteiger partial charge is 0.185 e. The maximum absolute atomic E-state index is 4.58. The summed E-state index contributed by atoms with van der Waals surface area (Å²) in [7, 11) is 0. The molecule has 0 bridgehead atoms. The van der Waals surface area contributed by atoms with Crippen LogP contribution in [0.2, 0.25) is 0 Å². The van der Waals surface area contributed by atoms with Gasteiger partial charge in [0, 0.05) is 47.2 Å². The second-order valence-electron chi connectivity index (χ2n) is 5.67. The summed E-state index contributed by atoms with van der Waals surface area (Å²) < 4.78 is 0.347. The van der Waals surface area contributed by atoms with E-state index in [1.165, 1.54) is 15.8 Å². The number of hydrogen-bond donors (Lipinski definition) is 1. The van der Waals surface area contributed by atoms with Gasteiger partial charge in [0.15, 0.2) is 5.13 Å². The SMILES string of the molecule is CC(C)NCc1cnc(N2CCSC(C)(C)C2)s1. The molecule has 102 valence electrons. The fraction of sp³-hybridized carbons (Fsp3) is 0.769. The Morgan fingerprint density at radius 3 is 2.94 bits per heavy atom. The second-order valence-corrected chi connectivity index (χ2v) is 8.57. The molecule has 1 fully saturated rings. The number of thiazole rings is 1. The predicted octanol–water partition coefficient (Wildman–Crippen LogP) is 2.97. The van der Waals surface area contributed by atoms with Crippen molar-refractivity contribution in [2.75, 3.05) is 23.7 Å². The van der Waals surface area contributed by atoms with E-state index in [9.17, 15) is 0 Å². The molecular weight excluding hydrogens is 262 g/mol. The van der Waals surface area contributed by atoms with Crippen LogP contribution >= 0.6 is 23.1 Å². The summed E-state index contributed by atoms with van der Waals surface area (Å²) in [6.07, 6.45) is 2.02. The largest absolute Gasteiger partial charge is 0.346 e. The zero-order valence-corrected chi connectivity index (χ0v) is 13.3. The van der Waals surface area contributed by atoms with Gasteiger partial charge in [-0.15, -0.1) is 11.3 Å². The van der Waals surface area contributed by atoms with Crippen LogP contribution in [-0.4, -0.2) is 34.6 Å². The van der Waals surface area contributed by atoms with E-state index in [-0.39, 0.29) is 0 Å². The summed E-state index contributed by atoms with van der Waals surface area (Å²) in [6, 6.07) is 0.529. The molecule has 0 radical (unpaired) electrons. The van der Waals surface area contributed by atoms with Crippen molar-refractivity contribution in [2.45, 2.75) is 45.0 Å². The van der Waals surface area contributed by atoms with E-state index in [0.717, 1.165) is 19.6 Å². The molecule has 2 rings (SSSR count). The predicted molar refractivity (Wildman–Crippen MR) is 82.8 cm³/mol. The van der Waals surface area contributed by atoms with Gasteiger partial charge in [-0.1, -0.05) is 13.8 Å². The molecule has 1 aromatic rings. The van der Waals surface area contributed by atoms with Gasteiger partial charge in [-0.05, 0) is 13.8 Å². The molecule has 3 nitrogen and oxygen atoms in total. The highest BCUT2D eigenvalue weighted by molar-refractivity contribution is 8.00. The standard InChI is InChI=1S/C13H23N3S2/c1-10(2)14-7-11-8-15-12(18-11)16-5-6-17-13(3,4)9-16/h8,10,14H,5-7,9H2,1-4H3. The third kappa shape index (κ3) is 3.87. The minimum atomic E-state index is 0.347. The summed E-state index contributed by atoms with van der Waals surface area (Å²) in [6.45, 7) is 12.1. The first-order valence-corrected chi connectivity index (χ1v) is 8.33. The third-order valence-electron chi connectivity index (χ3n) is 2.92. The summed E-state index contributed by atoms with van der Waals surface area (Å²) >= 11 is 3.89. The van der Waals surface area contributed by atoms with E-state index in [4.69, 9.17) is 0 Å². The van der Waals surface area contributed by atoms with Crippen LogP contribution in [0.15, 0.2) is 6.20 Å². The van der Waals surface area contributed by atoms with Crippen LogP contribution < -0.4 is 10.2 Å². The van der Waals surface area contributed by atoms with E-state index >= 15 is 0 Å².